The highest BCUT2D eigenvalue weighted by molar-refractivity contribution is 5.82. The Labute approximate surface area is 136 Å². The molecule has 2 heterocycles. The van der Waals surface area contributed by atoms with E-state index < -0.39 is 11.9 Å². The molecule has 0 aromatic heterocycles. The highest BCUT2D eigenvalue weighted by Crippen LogP contribution is 2.37. The number of benzene rings is 1. The molecule has 5 heteroatoms. The van der Waals surface area contributed by atoms with Crippen LogP contribution in [0.4, 0.5) is 0 Å². The van der Waals surface area contributed by atoms with Crippen molar-refractivity contribution >= 4 is 11.9 Å². The molecule has 0 saturated carbocycles. The fraction of sp³-hybridized carbons (Fsp3) is 0.556. The van der Waals surface area contributed by atoms with E-state index in [0.29, 0.717) is 19.6 Å². The van der Waals surface area contributed by atoms with Crippen molar-refractivity contribution in [3.05, 3.63) is 35.9 Å². The van der Waals surface area contributed by atoms with Gasteiger partial charge in [-0.3, -0.25) is 9.59 Å². The molecule has 4 unspecified atom stereocenters. The lowest BCUT2D eigenvalue weighted by Crippen LogP contribution is -2.44. The van der Waals surface area contributed by atoms with Gasteiger partial charge in [-0.15, -0.1) is 0 Å². The quantitative estimate of drug-likeness (QED) is 0.930. The molecule has 3 rings (SSSR count). The fourth-order valence-corrected chi connectivity index (χ4v) is 3.80. The molecule has 1 aromatic carbocycles. The van der Waals surface area contributed by atoms with Crippen LogP contribution >= 0.6 is 0 Å². The standard InChI is InChI=1S/C18H23NO4/c1-12-14(18(21)22)9-10-19(12)17(20)15-8-5-11-23-16(15)13-6-3-2-4-7-13/h2-4,6-7,12,14-16H,5,8-11H2,1H3,(H,21,22). The Morgan fingerprint density at radius 1 is 1.17 bits per heavy atom. The Hall–Kier alpha value is -1.88. The topological polar surface area (TPSA) is 66.8 Å². The molecule has 0 aliphatic carbocycles. The second-order valence-electron chi connectivity index (χ2n) is 6.46. The molecule has 1 amide bonds. The van der Waals surface area contributed by atoms with E-state index in [2.05, 4.69) is 0 Å². The molecule has 2 aliphatic heterocycles. The van der Waals surface area contributed by atoms with E-state index in [-0.39, 0.29) is 24.0 Å². The third-order valence-corrected chi connectivity index (χ3v) is 5.12. The first kappa shape index (κ1) is 16.0. The number of rotatable bonds is 3. The Kier molecular flexibility index (Phi) is 4.66. The van der Waals surface area contributed by atoms with Crippen molar-refractivity contribution in [2.75, 3.05) is 13.2 Å². The van der Waals surface area contributed by atoms with Crippen LogP contribution in [0.25, 0.3) is 0 Å². The minimum absolute atomic E-state index is 0.0369. The van der Waals surface area contributed by atoms with Crippen molar-refractivity contribution in [1.29, 1.82) is 0 Å². The third kappa shape index (κ3) is 3.11. The van der Waals surface area contributed by atoms with E-state index in [1.165, 1.54) is 0 Å². The molecular formula is C18H23NO4. The minimum atomic E-state index is -0.813. The zero-order chi connectivity index (χ0) is 16.4. The van der Waals surface area contributed by atoms with Crippen molar-refractivity contribution in [3.63, 3.8) is 0 Å². The Morgan fingerprint density at radius 3 is 2.57 bits per heavy atom. The average molecular weight is 317 g/mol. The molecule has 23 heavy (non-hydrogen) atoms. The first-order chi connectivity index (χ1) is 11.1. The third-order valence-electron chi connectivity index (χ3n) is 5.12. The summed E-state index contributed by atoms with van der Waals surface area (Å²) < 4.78 is 5.90. The average Bonchev–Trinajstić information content (AvgIpc) is 2.97. The first-order valence-corrected chi connectivity index (χ1v) is 8.29. The lowest BCUT2D eigenvalue weighted by Gasteiger charge is -2.35. The zero-order valence-electron chi connectivity index (χ0n) is 13.4. The number of carboxylic acid groups (broad SMARTS) is 1. The second kappa shape index (κ2) is 6.71. The molecule has 4 atom stereocenters. The SMILES string of the molecule is CC1C(C(=O)O)CCN1C(=O)C1CCCOC1c1ccccc1. The van der Waals surface area contributed by atoms with E-state index in [0.717, 1.165) is 18.4 Å². The molecule has 124 valence electrons. The smallest absolute Gasteiger partial charge is 0.308 e. The van der Waals surface area contributed by atoms with Gasteiger partial charge in [0.25, 0.3) is 0 Å². The van der Waals surface area contributed by atoms with E-state index in [4.69, 9.17) is 4.74 Å². The van der Waals surface area contributed by atoms with Crippen LogP contribution in [-0.2, 0) is 14.3 Å². The number of nitrogens with zero attached hydrogens (tertiary/aromatic N) is 1. The number of carboxylic acids is 1. The maximum Gasteiger partial charge on any atom is 0.308 e. The number of carbonyl (C=O) groups excluding carboxylic acids is 1. The number of hydrogen-bond donors (Lipinski definition) is 1. The number of hydrogen-bond acceptors (Lipinski definition) is 3. The summed E-state index contributed by atoms with van der Waals surface area (Å²) in [5.41, 5.74) is 1.02. The fourth-order valence-electron chi connectivity index (χ4n) is 3.80. The van der Waals surface area contributed by atoms with Crippen molar-refractivity contribution in [3.8, 4) is 0 Å². The van der Waals surface area contributed by atoms with Crippen LogP contribution in [0.1, 0.15) is 37.9 Å². The van der Waals surface area contributed by atoms with E-state index in [9.17, 15) is 14.7 Å². The lowest BCUT2D eigenvalue weighted by atomic mass is 9.88. The summed E-state index contributed by atoms with van der Waals surface area (Å²) in [7, 11) is 0. The van der Waals surface area contributed by atoms with Crippen molar-refractivity contribution in [2.24, 2.45) is 11.8 Å². The summed E-state index contributed by atoms with van der Waals surface area (Å²) >= 11 is 0. The summed E-state index contributed by atoms with van der Waals surface area (Å²) in [6.45, 7) is 3.02. The van der Waals surface area contributed by atoms with E-state index in [1.54, 1.807) is 4.90 Å². The van der Waals surface area contributed by atoms with Gasteiger partial charge in [0.1, 0.15) is 0 Å². The van der Waals surface area contributed by atoms with Crippen LogP contribution in [0.15, 0.2) is 30.3 Å². The number of ether oxygens (including phenoxy) is 1. The Balaban J connectivity index is 1.78. The van der Waals surface area contributed by atoms with Crippen LogP contribution in [0.2, 0.25) is 0 Å². The van der Waals surface area contributed by atoms with Gasteiger partial charge >= 0.3 is 5.97 Å². The van der Waals surface area contributed by atoms with Gasteiger partial charge in [0.2, 0.25) is 5.91 Å². The van der Waals surface area contributed by atoms with Gasteiger partial charge in [-0.1, -0.05) is 30.3 Å². The Bertz CT molecular complexity index is 574. The van der Waals surface area contributed by atoms with Crippen molar-refractivity contribution in [1.82, 2.24) is 4.90 Å². The predicted octanol–water partition coefficient (Wildman–Crippen LogP) is 2.48. The minimum Gasteiger partial charge on any atom is -0.481 e. The first-order valence-electron chi connectivity index (χ1n) is 8.29. The van der Waals surface area contributed by atoms with Gasteiger partial charge < -0.3 is 14.7 Å². The van der Waals surface area contributed by atoms with Crippen molar-refractivity contribution in [2.45, 2.75) is 38.3 Å². The Morgan fingerprint density at radius 2 is 1.91 bits per heavy atom. The predicted molar refractivity (Wildman–Crippen MR) is 84.8 cm³/mol. The van der Waals surface area contributed by atoms with Crippen LogP contribution < -0.4 is 0 Å². The number of aliphatic carboxylic acids is 1. The van der Waals surface area contributed by atoms with Crippen LogP contribution in [-0.4, -0.2) is 41.1 Å². The van der Waals surface area contributed by atoms with Gasteiger partial charge in [-0.2, -0.15) is 0 Å². The van der Waals surface area contributed by atoms with Crippen LogP contribution in [0.5, 0.6) is 0 Å². The summed E-state index contributed by atoms with van der Waals surface area (Å²) in [5.74, 6) is -1.46. The lowest BCUT2D eigenvalue weighted by molar-refractivity contribution is -0.148. The molecule has 2 aliphatic rings. The summed E-state index contributed by atoms with van der Waals surface area (Å²) in [6.07, 6.45) is 1.96. The van der Waals surface area contributed by atoms with Crippen molar-refractivity contribution < 1.29 is 19.4 Å². The maximum absolute atomic E-state index is 13.0. The van der Waals surface area contributed by atoms with Gasteiger partial charge in [0.15, 0.2) is 0 Å². The molecule has 1 aromatic rings. The number of likely N-dealkylation sites (tertiary alicyclic amines) is 1. The van der Waals surface area contributed by atoms with Gasteiger partial charge in [-0.25, -0.2) is 0 Å². The molecule has 2 fully saturated rings. The van der Waals surface area contributed by atoms with Gasteiger partial charge in [0, 0.05) is 19.2 Å². The summed E-state index contributed by atoms with van der Waals surface area (Å²) in [6, 6.07) is 9.58. The molecular weight excluding hydrogens is 294 g/mol. The zero-order valence-corrected chi connectivity index (χ0v) is 13.4. The normalized spacial score (nSPS) is 31.1. The highest BCUT2D eigenvalue weighted by Gasteiger charge is 2.43. The van der Waals surface area contributed by atoms with Gasteiger partial charge in [0.05, 0.1) is 17.9 Å². The number of carbonyl (C=O) groups is 2. The molecule has 1 N–H and O–H groups in total. The summed E-state index contributed by atoms with van der Waals surface area (Å²) in [4.78, 5) is 26.0. The number of amides is 1. The largest absolute Gasteiger partial charge is 0.481 e. The summed E-state index contributed by atoms with van der Waals surface area (Å²) in [5, 5.41) is 9.26. The van der Waals surface area contributed by atoms with Crippen LogP contribution in [0.3, 0.4) is 0 Å². The molecule has 0 bridgehead atoms. The van der Waals surface area contributed by atoms with E-state index in [1.807, 2.05) is 37.3 Å². The van der Waals surface area contributed by atoms with Gasteiger partial charge in [-0.05, 0) is 31.7 Å². The highest BCUT2D eigenvalue weighted by atomic mass is 16.5. The van der Waals surface area contributed by atoms with E-state index >= 15 is 0 Å². The van der Waals surface area contributed by atoms with Crippen LogP contribution in [0, 0.1) is 11.8 Å². The molecule has 2 saturated heterocycles. The molecule has 0 radical (unpaired) electrons. The maximum atomic E-state index is 13.0. The monoisotopic (exact) mass is 317 g/mol. The molecule has 0 spiro atoms. The molecule has 5 nitrogen and oxygen atoms in total. The second-order valence-corrected chi connectivity index (χ2v) is 6.46.